The van der Waals surface area contributed by atoms with E-state index in [1.807, 2.05) is 12.2 Å². The Morgan fingerprint density at radius 2 is 2.19 bits per heavy atom. The van der Waals surface area contributed by atoms with E-state index >= 15 is 0 Å². The molecule has 0 saturated heterocycles. The molecule has 0 bridgehead atoms. The Balaban J connectivity index is 2.21. The predicted octanol–water partition coefficient (Wildman–Crippen LogP) is 2.33. The number of hydrogen-bond acceptors (Lipinski definition) is 3. The van der Waals surface area contributed by atoms with Gasteiger partial charge >= 0.3 is 6.18 Å². The second-order valence-electron chi connectivity index (χ2n) is 4.29. The van der Waals surface area contributed by atoms with Crippen molar-refractivity contribution in [2.75, 3.05) is 0 Å². The van der Waals surface area contributed by atoms with Crippen LogP contribution in [-0.2, 0) is 6.54 Å². The zero-order valence-corrected chi connectivity index (χ0v) is 11.1. The summed E-state index contributed by atoms with van der Waals surface area (Å²) in [4.78, 5) is 15.5. The first-order valence-electron chi connectivity index (χ1n) is 6.22. The number of alkyl halides is 3. The lowest BCUT2D eigenvalue weighted by atomic mass is 10.1. The van der Waals surface area contributed by atoms with Gasteiger partial charge in [0.25, 0.3) is 5.91 Å². The molecule has 0 spiro atoms. The Bertz CT molecular complexity index is 609. The third-order valence-corrected chi connectivity index (χ3v) is 2.82. The summed E-state index contributed by atoms with van der Waals surface area (Å²) >= 11 is 0. The lowest BCUT2D eigenvalue weighted by Gasteiger charge is -2.21. The molecule has 8 heteroatoms. The highest BCUT2D eigenvalue weighted by Crippen LogP contribution is 2.32. The SMILES string of the molecule is CCn1ccc(C(=O)NC(c2cccnc2)C(F)(F)F)n1. The van der Waals surface area contributed by atoms with Crippen LogP contribution in [0, 0.1) is 0 Å². The number of amides is 1. The van der Waals surface area contributed by atoms with E-state index in [4.69, 9.17) is 0 Å². The number of halogens is 3. The lowest BCUT2D eigenvalue weighted by Crippen LogP contribution is -2.38. The number of pyridine rings is 1. The van der Waals surface area contributed by atoms with Gasteiger partial charge in [0.2, 0.25) is 0 Å². The monoisotopic (exact) mass is 298 g/mol. The van der Waals surface area contributed by atoms with Gasteiger partial charge < -0.3 is 5.32 Å². The van der Waals surface area contributed by atoms with Crippen LogP contribution >= 0.6 is 0 Å². The zero-order valence-electron chi connectivity index (χ0n) is 11.1. The minimum absolute atomic E-state index is 0.0602. The number of nitrogens with zero attached hydrogens (tertiary/aromatic N) is 3. The maximum Gasteiger partial charge on any atom is 0.412 e. The molecule has 1 amide bonds. The quantitative estimate of drug-likeness (QED) is 0.942. The fraction of sp³-hybridized carbons (Fsp3) is 0.308. The van der Waals surface area contributed by atoms with Gasteiger partial charge in [-0.05, 0) is 19.1 Å². The van der Waals surface area contributed by atoms with Crippen LogP contribution in [-0.4, -0.2) is 26.8 Å². The predicted molar refractivity (Wildman–Crippen MR) is 68.4 cm³/mol. The van der Waals surface area contributed by atoms with Gasteiger partial charge in [-0.2, -0.15) is 18.3 Å². The van der Waals surface area contributed by atoms with Crippen molar-refractivity contribution in [3.05, 3.63) is 48.0 Å². The molecule has 21 heavy (non-hydrogen) atoms. The van der Waals surface area contributed by atoms with Crippen LogP contribution in [0.3, 0.4) is 0 Å². The van der Waals surface area contributed by atoms with Crippen LogP contribution in [0.4, 0.5) is 13.2 Å². The van der Waals surface area contributed by atoms with Gasteiger partial charge in [-0.3, -0.25) is 14.5 Å². The standard InChI is InChI=1S/C13H13F3N4O/c1-2-20-7-5-10(19-20)12(21)18-11(13(14,15)16)9-4-3-6-17-8-9/h3-8,11H,2H2,1H3,(H,18,21). The van der Waals surface area contributed by atoms with Crippen LogP contribution in [0.5, 0.6) is 0 Å². The minimum atomic E-state index is -4.62. The van der Waals surface area contributed by atoms with E-state index in [2.05, 4.69) is 10.1 Å². The molecular weight excluding hydrogens is 285 g/mol. The summed E-state index contributed by atoms with van der Waals surface area (Å²) in [6.07, 6.45) is -0.654. The smallest absolute Gasteiger partial charge is 0.335 e. The van der Waals surface area contributed by atoms with E-state index in [0.717, 1.165) is 6.20 Å². The molecule has 0 aliphatic rings. The van der Waals surface area contributed by atoms with Gasteiger partial charge in [-0.1, -0.05) is 6.07 Å². The molecular formula is C13H13F3N4O. The van der Waals surface area contributed by atoms with Gasteiger partial charge in [0.1, 0.15) is 5.69 Å². The minimum Gasteiger partial charge on any atom is -0.335 e. The van der Waals surface area contributed by atoms with Crippen LogP contribution in [0.1, 0.15) is 29.0 Å². The van der Waals surface area contributed by atoms with Crippen LogP contribution in [0.25, 0.3) is 0 Å². The van der Waals surface area contributed by atoms with Gasteiger partial charge in [0.05, 0.1) is 0 Å². The summed E-state index contributed by atoms with van der Waals surface area (Å²) in [6.45, 7) is 2.33. The lowest BCUT2D eigenvalue weighted by molar-refractivity contribution is -0.155. The molecule has 0 fully saturated rings. The molecule has 5 nitrogen and oxygen atoms in total. The van der Waals surface area contributed by atoms with Crippen molar-refractivity contribution in [1.29, 1.82) is 0 Å². The van der Waals surface area contributed by atoms with Crippen LogP contribution < -0.4 is 5.32 Å². The molecule has 2 aromatic heterocycles. The molecule has 1 atom stereocenters. The third-order valence-electron chi connectivity index (χ3n) is 2.82. The Labute approximate surface area is 118 Å². The Morgan fingerprint density at radius 3 is 2.71 bits per heavy atom. The fourth-order valence-corrected chi connectivity index (χ4v) is 1.76. The van der Waals surface area contributed by atoms with Crippen molar-refractivity contribution in [2.24, 2.45) is 0 Å². The number of aryl methyl sites for hydroxylation is 1. The molecule has 2 heterocycles. The Kier molecular flexibility index (Phi) is 4.25. The molecule has 0 saturated carbocycles. The number of rotatable bonds is 4. The highest BCUT2D eigenvalue weighted by atomic mass is 19.4. The third kappa shape index (κ3) is 3.59. The molecule has 112 valence electrons. The topological polar surface area (TPSA) is 59.8 Å². The van der Waals surface area contributed by atoms with Crippen molar-refractivity contribution >= 4 is 5.91 Å². The first-order chi connectivity index (χ1) is 9.91. The molecule has 0 aliphatic heterocycles. The van der Waals surface area contributed by atoms with Crippen molar-refractivity contribution in [2.45, 2.75) is 25.7 Å². The van der Waals surface area contributed by atoms with Crippen molar-refractivity contribution < 1.29 is 18.0 Å². The van der Waals surface area contributed by atoms with E-state index in [0.29, 0.717) is 6.54 Å². The van der Waals surface area contributed by atoms with E-state index in [1.54, 1.807) is 0 Å². The summed E-state index contributed by atoms with van der Waals surface area (Å²) in [5, 5.41) is 5.83. The maximum absolute atomic E-state index is 13.1. The fourth-order valence-electron chi connectivity index (χ4n) is 1.76. The van der Waals surface area contributed by atoms with Crippen molar-refractivity contribution in [1.82, 2.24) is 20.1 Å². The summed E-state index contributed by atoms with van der Waals surface area (Å²) in [6, 6.07) is 1.89. The number of hydrogen-bond donors (Lipinski definition) is 1. The van der Waals surface area contributed by atoms with Crippen LogP contribution in [0.15, 0.2) is 36.8 Å². The Morgan fingerprint density at radius 1 is 1.43 bits per heavy atom. The molecule has 0 aliphatic carbocycles. The first-order valence-corrected chi connectivity index (χ1v) is 6.22. The first kappa shape index (κ1) is 15.0. The largest absolute Gasteiger partial charge is 0.412 e. The molecule has 1 unspecified atom stereocenters. The summed E-state index contributed by atoms with van der Waals surface area (Å²) < 4.78 is 40.7. The Hall–Kier alpha value is -2.38. The highest BCUT2D eigenvalue weighted by Gasteiger charge is 2.42. The van der Waals surface area contributed by atoms with Gasteiger partial charge in [-0.15, -0.1) is 0 Å². The molecule has 2 aromatic rings. The van der Waals surface area contributed by atoms with Crippen LogP contribution in [0.2, 0.25) is 0 Å². The second kappa shape index (κ2) is 5.94. The molecule has 0 radical (unpaired) electrons. The van der Waals surface area contributed by atoms with Gasteiger partial charge in [0.15, 0.2) is 6.04 Å². The molecule has 0 aromatic carbocycles. The zero-order chi connectivity index (χ0) is 15.5. The highest BCUT2D eigenvalue weighted by molar-refractivity contribution is 5.92. The summed E-state index contributed by atoms with van der Waals surface area (Å²) in [5.41, 5.74) is -0.191. The van der Waals surface area contributed by atoms with E-state index in [1.165, 1.54) is 35.3 Å². The van der Waals surface area contributed by atoms with E-state index < -0.39 is 18.1 Å². The maximum atomic E-state index is 13.1. The number of carbonyl (C=O) groups is 1. The summed E-state index contributed by atoms with van der Waals surface area (Å²) in [5.74, 6) is -0.881. The number of aromatic nitrogens is 3. The second-order valence-corrected chi connectivity index (χ2v) is 4.29. The van der Waals surface area contributed by atoms with Crippen molar-refractivity contribution in [3.8, 4) is 0 Å². The van der Waals surface area contributed by atoms with Gasteiger partial charge in [0, 0.05) is 30.7 Å². The number of carbonyl (C=O) groups excluding carboxylic acids is 1. The normalized spacial score (nSPS) is 13.0. The van der Waals surface area contributed by atoms with E-state index in [-0.39, 0.29) is 11.3 Å². The summed E-state index contributed by atoms with van der Waals surface area (Å²) in [7, 11) is 0. The van der Waals surface area contributed by atoms with Gasteiger partial charge in [-0.25, -0.2) is 0 Å². The van der Waals surface area contributed by atoms with E-state index in [9.17, 15) is 18.0 Å². The average Bonchev–Trinajstić information content (AvgIpc) is 2.93. The van der Waals surface area contributed by atoms with Crippen molar-refractivity contribution in [3.63, 3.8) is 0 Å². The molecule has 2 rings (SSSR count). The number of nitrogens with one attached hydrogen (secondary N) is 1. The molecule has 1 N–H and O–H groups in total. The average molecular weight is 298 g/mol.